The highest BCUT2D eigenvalue weighted by molar-refractivity contribution is 5.89. The summed E-state index contributed by atoms with van der Waals surface area (Å²) in [5, 5.41) is 14.5. The average Bonchev–Trinajstić information content (AvgIpc) is 3.23. The molecule has 0 saturated carbocycles. The second kappa shape index (κ2) is 22.5. The molecule has 2 atom stereocenters. The number of ketones is 1. The van der Waals surface area contributed by atoms with Crippen LogP contribution in [0.3, 0.4) is 0 Å². The van der Waals surface area contributed by atoms with Crippen molar-refractivity contribution in [1.82, 2.24) is 10.6 Å². The average molecular weight is 850 g/mol. The van der Waals surface area contributed by atoms with Gasteiger partial charge in [-0.2, -0.15) is 17.6 Å². The van der Waals surface area contributed by atoms with Gasteiger partial charge in [-0.05, 0) is 36.9 Å². The maximum Gasteiger partial charge on any atom is 0.408 e. The van der Waals surface area contributed by atoms with Crippen molar-refractivity contribution in [2.24, 2.45) is 5.73 Å². The van der Waals surface area contributed by atoms with Gasteiger partial charge in [0.05, 0.1) is 0 Å². The molecule has 318 valence electrons. The van der Waals surface area contributed by atoms with Gasteiger partial charge in [0, 0.05) is 6.42 Å². The number of alkyl carbamates (subject to hydrolysis) is 1. The van der Waals surface area contributed by atoms with E-state index in [0.717, 1.165) is 11.1 Å². The Bertz CT molecular complexity index is 1970. The Labute approximate surface area is 328 Å². The van der Waals surface area contributed by atoms with Crippen molar-refractivity contribution in [2.75, 3.05) is 19.8 Å². The van der Waals surface area contributed by atoms with Crippen molar-refractivity contribution >= 4 is 23.8 Å². The fourth-order valence-electron chi connectivity index (χ4n) is 4.76. The van der Waals surface area contributed by atoms with E-state index in [1.807, 2.05) is 60.7 Å². The maximum absolute atomic E-state index is 13.3. The molecule has 4 rings (SSSR count). The van der Waals surface area contributed by atoms with Gasteiger partial charge in [0.2, 0.25) is 69.9 Å². The summed E-state index contributed by atoms with van der Waals surface area (Å²) in [5.41, 5.74) is 7.09. The Morgan fingerprint density at radius 2 is 1.00 bits per heavy atom. The summed E-state index contributed by atoms with van der Waals surface area (Å²) in [6, 6.07) is 16.3. The first kappa shape index (κ1) is 47.0. The molecule has 0 aliphatic carbocycles. The van der Waals surface area contributed by atoms with Crippen LogP contribution in [0.5, 0.6) is 11.5 Å². The highest BCUT2D eigenvalue weighted by atomic mass is 19.2. The summed E-state index contributed by atoms with van der Waals surface area (Å²) in [6.45, 7) is -2.34. The molecule has 2 amide bonds. The second-order valence-electron chi connectivity index (χ2n) is 12.0. The number of amides is 2. The fraction of sp³-hybridized carbons (Fsp3) is 0.263. The maximum atomic E-state index is 13.3. The summed E-state index contributed by atoms with van der Waals surface area (Å²) in [7, 11) is 0. The molecular weight excluding hydrogens is 816 g/mol. The zero-order valence-electron chi connectivity index (χ0n) is 30.2. The van der Waals surface area contributed by atoms with Crippen LogP contribution >= 0.6 is 0 Å². The third kappa shape index (κ3) is 13.3. The Morgan fingerprint density at radius 1 is 0.576 bits per heavy atom. The minimum atomic E-state index is -2.48. The summed E-state index contributed by atoms with van der Waals surface area (Å²) < 4.78 is 144. The number of nitrogens with one attached hydrogen (secondary N) is 2. The molecule has 0 heterocycles. The summed E-state index contributed by atoms with van der Waals surface area (Å²) in [5.74, 6) is -30.8. The molecule has 0 saturated heterocycles. The first-order valence-corrected chi connectivity index (χ1v) is 17.0. The van der Waals surface area contributed by atoms with Crippen molar-refractivity contribution < 1.29 is 82.4 Å². The van der Waals surface area contributed by atoms with E-state index in [2.05, 4.69) is 20.1 Å². The Morgan fingerprint density at radius 3 is 1.42 bits per heavy atom. The van der Waals surface area contributed by atoms with Gasteiger partial charge in [-0.1, -0.05) is 60.7 Å². The SMILES string of the molecule is NCCCC[C@H](NC(=O)[C@H](Cc1ccccc1)NC(=O)OCc1ccccc1)C(=O)O.O=C(COc1c(F)c(F)c(F)c(F)c1F)COc1c(F)c(F)c(F)c(F)c1F. The molecular formula is C38H33F10N3O8. The van der Waals surface area contributed by atoms with E-state index < -0.39 is 119 Å². The molecule has 0 bridgehead atoms. The summed E-state index contributed by atoms with van der Waals surface area (Å²) >= 11 is 0. The molecule has 0 aliphatic heterocycles. The number of hydrogen-bond donors (Lipinski definition) is 4. The molecule has 0 aromatic heterocycles. The number of nitrogens with two attached hydrogens (primary N) is 1. The number of carboxylic acid groups (broad SMARTS) is 1. The van der Waals surface area contributed by atoms with Crippen molar-refractivity contribution in [2.45, 2.75) is 44.4 Å². The number of Topliss-reactive ketones (excluding diaryl/α,β-unsaturated/α-hetero) is 1. The van der Waals surface area contributed by atoms with E-state index in [4.69, 9.17) is 10.5 Å². The molecule has 21 heteroatoms. The predicted octanol–water partition coefficient (Wildman–Crippen LogP) is 6.33. The zero-order valence-corrected chi connectivity index (χ0v) is 30.2. The van der Waals surface area contributed by atoms with Crippen molar-refractivity contribution in [3.05, 3.63) is 130 Å². The van der Waals surface area contributed by atoms with Gasteiger partial charge in [0.1, 0.15) is 18.7 Å². The molecule has 0 fully saturated rings. The van der Waals surface area contributed by atoms with Crippen LogP contribution in [0, 0.1) is 58.2 Å². The molecule has 4 aromatic rings. The predicted molar refractivity (Wildman–Crippen MR) is 185 cm³/mol. The van der Waals surface area contributed by atoms with Crippen LogP contribution < -0.4 is 25.8 Å². The van der Waals surface area contributed by atoms with Gasteiger partial charge in [-0.15, -0.1) is 0 Å². The molecule has 0 radical (unpaired) electrons. The minimum absolute atomic E-state index is 0.0587. The van der Waals surface area contributed by atoms with E-state index in [-0.39, 0.29) is 19.4 Å². The Hall–Kier alpha value is -6.38. The molecule has 0 unspecified atom stereocenters. The second-order valence-corrected chi connectivity index (χ2v) is 12.0. The zero-order chi connectivity index (χ0) is 43.8. The number of carbonyl (C=O) groups is 4. The van der Waals surface area contributed by atoms with E-state index in [9.17, 15) is 68.2 Å². The highest BCUT2D eigenvalue weighted by Gasteiger charge is 2.30. The third-order valence-corrected chi connectivity index (χ3v) is 7.76. The monoisotopic (exact) mass is 849 g/mol. The van der Waals surface area contributed by atoms with Crippen molar-refractivity contribution in [3.63, 3.8) is 0 Å². The molecule has 59 heavy (non-hydrogen) atoms. The number of halogens is 10. The largest absolute Gasteiger partial charge is 0.480 e. The number of benzene rings is 4. The van der Waals surface area contributed by atoms with E-state index in [0.29, 0.717) is 19.4 Å². The van der Waals surface area contributed by atoms with Crippen LogP contribution in [0.25, 0.3) is 0 Å². The lowest BCUT2D eigenvalue weighted by Gasteiger charge is -2.21. The molecule has 11 nitrogen and oxygen atoms in total. The van der Waals surface area contributed by atoms with Crippen LogP contribution in [-0.2, 0) is 32.1 Å². The van der Waals surface area contributed by atoms with Gasteiger partial charge in [0.25, 0.3) is 0 Å². The number of rotatable bonds is 18. The molecule has 5 N–H and O–H groups in total. The lowest BCUT2D eigenvalue weighted by atomic mass is 10.0. The normalized spacial score (nSPS) is 11.7. The van der Waals surface area contributed by atoms with Crippen LogP contribution in [0.15, 0.2) is 60.7 Å². The Balaban J connectivity index is 0.000000317. The van der Waals surface area contributed by atoms with Crippen LogP contribution in [0.4, 0.5) is 48.7 Å². The minimum Gasteiger partial charge on any atom is -0.480 e. The summed E-state index contributed by atoms with van der Waals surface area (Å²) in [6.07, 6.45) is 0.938. The molecule has 0 spiro atoms. The fourth-order valence-corrected chi connectivity index (χ4v) is 4.76. The van der Waals surface area contributed by atoms with Crippen molar-refractivity contribution in [1.29, 1.82) is 0 Å². The summed E-state index contributed by atoms with van der Waals surface area (Å²) in [4.78, 5) is 48.1. The van der Waals surface area contributed by atoms with Gasteiger partial charge >= 0.3 is 12.1 Å². The van der Waals surface area contributed by atoms with Gasteiger partial charge in [-0.3, -0.25) is 9.59 Å². The van der Waals surface area contributed by atoms with E-state index in [1.54, 1.807) is 0 Å². The number of aliphatic carboxylic acids is 1. The standard InChI is InChI=1S/C23H29N3O5.C15H4F10O3/c24-14-8-7-13-19(22(28)29)25-21(27)20(15-17-9-3-1-4-10-17)26-23(30)31-16-18-11-5-2-6-12-18;16-4-6(18)10(22)14(11(23)7(4)19)27-1-3(26)2-28-15-12(24)8(20)5(17)9(21)13(15)25/h1-6,9-12,19-20H,7-8,13-16,24H2,(H,25,27)(H,26,30)(H,28,29);1-2H2/t19-,20-;/m0./s1. The first-order chi connectivity index (χ1) is 28.0. The number of ether oxygens (including phenoxy) is 3. The first-order valence-electron chi connectivity index (χ1n) is 17.0. The van der Waals surface area contributed by atoms with Gasteiger partial charge in [0.15, 0.2) is 24.7 Å². The third-order valence-electron chi connectivity index (χ3n) is 7.76. The number of carbonyl (C=O) groups excluding carboxylic acids is 3. The van der Waals surface area contributed by atoms with E-state index >= 15 is 0 Å². The van der Waals surface area contributed by atoms with Crippen LogP contribution in [-0.4, -0.2) is 60.7 Å². The lowest BCUT2D eigenvalue weighted by Crippen LogP contribution is -2.52. The lowest BCUT2D eigenvalue weighted by molar-refractivity contribution is -0.142. The van der Waals surface area contributed by atoms with E-state index in [1.165, 1.54) is 0 Å². The number of carboxylic acids is 1. The smallest absolute Gasteiger partial charge is 0.408 e. The molecule has 4 aromatic carbocycles. The molecule has 0 aliphatic rings. The van der Waals surface area contributed by atoms with Gasteiger partial charge in [-0.25, -0.2) is 35.9 Å². The number of hydrogen-bond acceptors (Lipinski definition) is 8. The topological polar surface area (TPSA) is 166 Å². The highest BCUT2D eigenvalue weighted by Crippen LogP contribution is 2.30. The van der Waals surface area contributed by atoms with Gasteiger partial charge < -0.3 is 35.7 Å². The van der Waals surface area contributed by atoms with Crippen LogP contribution in [0.1, 0.15) is 30.4 Å². The van der Waals surface area contributed by atoms with Crippen molar-refractivity contribution in [3.8, 4) is 11.5 Å². The number of unbranched alkanes of at least 4 members (excludes halogenated alkanes) is 1. The Kier molecular flexibility index (Phi) is 17.9. The quantitative estimate of drug-likeness (QED) is 0.0388. The van der Waals surface area contributed by atoms with Crippen LogP contribution in [0.2, 0.25) is 0 Å².